The number of alkyl halides is 2. The Hall–Kier alpha value is -2.94. The minimum absolute atomic E-state index is 0.0596. The highest BCUT2D eigenvalue weighted by Gasteiger charge is 2.50. The van der Waals surface area contributed by atoms with Gasteiger partial charge in [0.05, 0.1) is 31.4 Å². The van der Waals surface area contributed by atoms with E-state index in [1.807, 2.05) is 0 Å². The van der Waals surface area contributed by atoms with Gasteiger partial charge >= 0.3 is 5.92 Å². The maximum atomic E-state index is 15.0. The molecule has 38 heavy (non-hydrogen) atoms. The number of nitrogens with zero attached hydrogens (tertiary/aromatic N) is 2. The zero-order valence-corrected chi connectivity index (χ0v) is 20.3. The predicted molar refractivity (Wildman–Crippen MR) is 138 cm³/mol. The van der Waals surface area contributed by atoms with Crippen molar-refractivity contribution in [3.05, 3.63) is 63.7 Å². The van der Waals surface area contributed by atoms with Crippen molar-refractivity contribution in [3.63, 3.8) is 0 Å². The fourth-order valence-electron chi connectivity index (χ4n) is 4.56. The Kier molecular flexibility index (Phi) is 6.92. The van der Waals surface area contributed by atoms with E-state index < -0.39 is 57.3 Å². The number of imide groups is 1. The molecule has 12 radical (unpaired) electrons. The number of carbonyl (C=O) groups is 4. The van der Waals surface area contributed by atoms with Crippen molar-refractivity contribution in [2.45, 2.75) is 35.5 Å². The molecule has 0 aliphatic carbocycles. The highest BCUT2D eigenvalue weighted by Crippen LogP contribution is 2.39. The molecular weight excluding hydrogens is 509 g/mol. The van der Waals surface area contributed by atoms with Gasteiger partial charge in [-0.1, -0.05) is 35.3 Å². The second kappa shape index (κ2) is 9.36. The Bertz CT molecular complexity index is 1380. The lowest BCUT2D eigenvalue weighted by Gasteiger charge is -2.43. The molecule has 2 aliphatic rings. The first-order valence-corrected chi connectivity index (χ1v) is 11.4. The van der Waals surface area contributed by atoms with E-state index in [1.54, 1.807) is 0 Å². The fraction of sp³-hybridized carbons (Fsp3) is 0.273. The van der Waals surface area contributed by atoms with E-state index in [0.29, 0.717) is 0 Å². The number of benzene rings is 2. The van der Waals surface area contributed by atoms with E-state index in [9.17, 15) is 28.0 Å². The van der Waals surface area contributed by atoms with Gasteiger partial charge in [0.15, 0.2) is 0 Å². The minimum atomic E-state index is -4.17. The van der Waals surface area contributed by atoms with Crippen LogP contribution < -0.4 is 10.8 Å². The molecule has 2 aromatic rings. The lowest BCUT2D eigenvalue weighted by Crippen LogP contribution is -2.60. The fourth-order valence-corrected chi connectivity index (χ4v) is 4.68. The van der Waals surface area contributed by atoms with Crippen LogP contribution in [0.15, 0.2) is 36.4 Å². The summed E-state index contributed by atoms with van der Waals surface area (Å²) in [6, 6.07) is 5.22. The molecular formula is C22H12B6ClF2N3O4. The standard InChI is InChI=1S/C22H12B6ClF2N3O4/c23-16-12(21(24,25)34(28)19(38)20(30,31)9-1-3-10(29)4-2-9)6-5-11-15(16)22(26,27)33(18(11)37)13-7-8-14(35)32-17(13)36/h1-6,13H,7-8H2,(H,32,35,36). The Morgan fingerprint density at radius 2 is 1.71 bits per heavy atom. The van der Waals surface area contributed by atoms with E-state index in [0.717, 1.165) is 41.3 Å². The summed E-state index contributed by atoms with van der Waals surface area (Å²) < 4.78 is 30.0. The van der Waals surface area contributed by atoms with E-state index >= 15 is 0 Å². The number of rotatable bonds is 5. The smallest absolute Gasteiger partial charge is 0.348 e. The molecule has 7 nitrogen and oxygen atoms in total. The number of nitrogens with one attached hydrogen (secondary N) is 1. The van der Waals surface area contributed by atoms with Gasteiger partial charge < -0.3 is 9.71 Å². The van der Waals surface area contributed by atoms with Gasteiger partial charge in [0.25, 0.3) is 11.8 Å². The summed E-state index contributed by atoms with van der Waals surface area (Å²) in [7, 11) is 36.6. The molecule has 1 atom stereocenters. The summed E-state index contributed by atoms with van der Waals surface area (Å²) in [5, 5.41) is -2.59. The van der Waals surface area contributed by atoms with Crippen LogP contribution in [0.4, 0.5) is 8.78 Å². The summed E-state index contributed by atoms with van der Waals surface area (Å²) in [6.45, 7) is 0. The molecule has 2 heterocycles. The Balaban J connectivity index is 1.72. The highest BCUT2D eigenvalue weighted by atomic mass is 35.5. The van der Waals surface area contributed by atoms with Crippen molar-refractivity contribution in [2.24, 2.45) is 0 Å². The number of fused-ring (bicyclic) bond motifs is 1. The van der Waals surface area contributed by atoms with Gasteiger partial charge in [0.2, 0.25) is 19.8 Å². The third kappa shape index (κ3) is 4.28. The number of amides is 4. The normalized spacial score (nSPS) is 19.2. The SMILES string of the molecule is [B]c1c(C([B])([B])N([B])C(=O)C(F)(F)c2ccc(Cl)cc2)ccc2c1C([B])([B])N(C1CCC(=O)NC1=O)C2=O. The lowest BCUT2D eigenvalue weighted by molar-refractivity contribution is -0.155. The summed E-state index contributed by atoms with van der Waals surface area (Å²) in [6.07, 6.45) is -0.135. The lowest BCUT2D eigenvalue weighted by atomic mass is 9.50. The highest BCUT2D eigenvalue weighted by molar-refractivity contribution is 6.49. The van der Waals surface area contributed by atoms with Crippen LogP contribution in [-0.2, 0) is 31.0 Å². The summed E-state index contributed by atoms with van der Waals surface area (Å²) in [4.78, 5) is 50.7. The topological polar surface area (TPSA) is 86.8 Å². The molecule has 16 heteroatoms. The van der Waals surface area contributed by atoms with E-state index in [4.69, 9.17) is 58.8 Å². The monoisotopic (exact) mass is 521 g/mol. The summed E-state index contributed by atoms with van der Waals surface area (Å²) in [5.41, 5.74) is -1.86. The molecule has 0 aromatic heterocycles. The van der Waals surface area contributed by atoms with Crippen LogP contribution >= 0.6 is 11.6 Å². The van der Waals surface area contributed by atoms with Crippen molar-refractivity contribution in [2.75, 3.05) is 0 Å². The van der Waals surface area contributed by atoms with Gasteiger partial charge in [0.1, 0.15) is 13.9 Å². The van der Waals surface area contributed by atoms with Crippen LogP contribution in [0.5, 0.6) is 0 Å². The van der Waals surface area contributed by atoms with Crippen LogP contribution in [-0.4, -0.2) is 86.6 Å². The molecule has 0 spiro atoms. The molecule has 4 rings (SSSR count). The Morgan fingerprint density at radius 3 is 2.29 bits per heavy atom. The predicted octanol–water partition coefficient (Wildman–Crippen LogP) is -1.01. The average Bonchev–Trinajstić information content (AvgIpc) is 3.04. The average molecular weight is 521 g/mol. The maximum Gasteiger partial charge on any atom is 0.348 e. The number of hydrogen-bond acceptors (Lipinski definition) is 4. The molecule has 2 aromatic carbocycles. The molecule has 0 saturated carbocycles. The molecule has 1 N–H and O–H groups in total. The van der Waals surface area contributed by atoms with Crippen molar-refractivity contribution in [3.8, 4) is 0 Å². The van der Waals surface area contributed by atoms with E-state index in [-0.39, 0.29) is 39.4 Å². The molecule has 2 aliphatic heterocycles. The second-order valence-electron chi connectivity index (χ2n) is 9.00. The number of halogens is 3. The third-order valence-electron chi connectivity index (χ3n) is 6.54. The van der Waals surface area contributed by atoms with E-state index in [1.165, 1.54) is 0 Å². The first-order chi connectivity index (χ1) is 17.5. The first-order valence-electron chi connectivity index (χ1n) is 11.0. The Morgan fingerprint density at radius 1 is 1.11 bits per heavy atom. The minimum Gasteiger partial charge on any atom is -0.398 e. The number of piperidine rings is 1. The van der Waals surface area contributed by atoms with Gasteiger partial charge in [-0.2, -0.15) is 8.78 Å². The van der Waals surface area contributed by atoms with Crippen molar-refractivity contribution in [1.29, 1.82) is 0 Å². The van der Waals surface area contributed by atoms with Crippen LogP contribution in [0.3, 0.4) is 0 Å². The van der Waals surface area contributed by atoms with E-state index in [2.05, 4.69) is 5.32 Å². The molecule has 1 saturated heterocycles. The van der Waals surface area contributed by atoms with Crippen LogP contribution in [0.1, 0.15) is 39.9 Å². The molecule has 178 valence electrons. The summed E-state index contributed by atoms with van der Waals surface area (Å²) in [5.74, 6) is -8.25. The van der Waals surface area contributed by atoms with Gasteiger partial charge in [-0.25, -0.2) is 0 Å². The van der Waals surface area contributed by atoms with Gasteiger partial charge in [-0.05, 0) is 46.4 Å². The third-order valence-corrected chi connectivity index (χ3v) is 6.79. The molecule has 1 unspecified atom stereocenters. The number of hydrogen-bond donors (Lipinski definition) is 1. The van der Waals surface area contributed by atoms with Crippen LogP contribution in [0.2, 0.25) is 5.02 Å². The van der Waals surface area contributed by atoms with Gasteiger partial charge in [-0.15, -0.1) is 0 Å². The zero-order valence-electron chi connectivity index (χ0n) is 19.6. The van der Waals surface area contributed by atoms with Crippen LogP contribution in [0, 0.1) is 0 Å². The van der Waals surface area contributed by atoms with Crippen molar-refractivity contribution in [1.82, 2.24) is 15.0 Å². The zero-order chi connectivity index (χ0) is 28.4. The quantitative estimate of drug-likeness (QED) is 0.405. The Labute approximate surface area is 229 Å². The van der Waals surface area contributed by atoms with Gasteiger partial charge in [0, 0.05) is 22.6 Å². The molecule has 4 amide bonds. The first kappa shape index (κ1) is 28.1. The molecule has 0 bridgehead atoms. The largest absolute Gasteiger partial charge is 0.398 e. The molecule has 1 fully saturated rings. The maximum absolute atomic E-state index is 15.0. The van der Waals surface area contributed by atoms with Crippen molar-refractivity contribution < 1.29 is 28.0 Å². The second-order valence-corrected chi connectivity index (χ2v) is 9.43. The van der Waals surface area contributed by atoms with Crippen molar-refractivity contribution >= 4 is 87.9 Å². The number of carbonyl (C=O) groups excluding carboxylic acids is 4. The summed E-state index contributed by atoms with van der Waals surface area (Å²) >= 11 is 5.72. The van der Waals surface area contributed by atoms with Gasteiger partial charge in [-0.3, -0.25) is 24.5 Å². The van der Waals surface area contributed by atoms with Crippen LogP contribution in [0.25, 0.3) is 0 Å².